The van der Waals surface area contributed by atoms with E-state index < -0.39 is 18.1 Å². The van der Waals surface area contributed by atoms with E-state index in [4.69, 9.17) is 4.74 Å². The summed E-state index contributed by atoms with van der Waals surface area (Å²) in [6, 6.07) is -1.83. The van der Waals surface area contributed by atoms with Crippen molar-refractivity contribution in [3.8, 4) is 0 Å². The third-order valence-electron chi connectivity index (χ3n) is 6.19. The number of carbonyl (C=O) groups excluding carboxylic acids is 4. The maximum atomic E-state index is 13.7. The molecule has 3 atom stereocenters. The molecule has 2 aromatic rings. The lowest BCUT2D eigenvalue weighted by Crippen LogP contribution is -2.59. The molecule has 0 bridgehead atoms. The third-order valence-corrected chi connectivity index (χ3v) is 7.79. The van der Waals surface area contributed by atoms with Crippen LogP contribution in [0.5, 0.6) is 0 Å². The van der Waals surface area contributed by atoms with Crippen LogP contribution in [0.3, 0.4) is 0 Å². The molecule has 0 aliphatic carbocycles. The molecule has 4 heterocycles. The molecule has 0 aromatic carbocycles. The van der Waals surface area contributed by atoms with Gasteiger partial charge in [0.15, 0.2) is 0 Å². The number of carbonyl (C=O) groups is 4. The van der Waals surface area contributed by atoms with E-state index in [0.717, 1.165) is 16.5 Å². The summed E-state index contributed by atoms with van der Waals surface area (Å²) in [4.78, 5) is 59.7. The predicted octanol–water partition coefficient (Wildman–Crippen LogP) is 1.18. The zero-order valence-corrected chi connectivity index (χ0v) is 20.8. The highest BCUT2D eigenvalue weighted by Gasteiger charge is 2.44. The normalized spacial score (nSPS) is 22.5. The number of ether oxygens (including phenoxy) is 1. The van der Waals surface area contributed by atoms with Crippen LogP contribution >= 0.6 is 22.9 Å². The lowest BCUT2D eigenvalue weighted by atomic mass is 9.95. The maximum Gasteiger partial charge on any atom is 0.328 e. The minimum atomic E-state index is -0.834. The molecule has 11 nitrogen and oxygen atoms in total. The topological polar surface area (TPSA) is 135 Å². The molecule has 2 fully saturated rings. The van der Waals surface area contributed by atoms with E-state index in [1.165, 1.54) is 28.2 Å². The summed E-state index contributed by atoms with van der Waals surface area (Å²) in [5.74, 6) is -1.41. The maximum absolute atomic E-state index is 13.7. The Labute approximate surface area is 204 Å². The van der Waals surface area contributed by atoms with E-state index in [2.05, 4.69) is 19.9 Å². The van der Waals surface area contributed by atoms with E-state index in [9.17, 15) is 19.2 Å². The van der Waals surface area contributed by atoms with E-state index >= 15 is 0 Å². The summed E-state index contributed by atoms with van der Waals surface area (Å²) < 4.78 is 8.69. The van der Waals surface area contributed by atoms with Gasteiger partial charge in [-0.15, -0.1) is 16.4 Å². The summed E-state index contributed by atoms with van der Waals surface area (Å²) >= 11 is 2.38. The van der Waals surface area contributed by atoms with Crippen LogP contribution in [0, 0.1) is 13.8 Å². The highest BCUT2D eigenvalue weighted by atomic mass is 32.1. The molecular weight excluding hydrogens is 480 g/mol. The number of esters is 1. The van der Waals surface area contributed by atoms with Crippen molar-refractivity contribution in [2.45, 2.75) is 57.7 Å². The Hall–Kier alpha value is -2.93. The lowest BCUT2D eigenvalue weighted by molar-refractivity contribution is -0.153. The fourth-order valence-electron chi connectivity index (χ4n) is 4.48. The summed E-state index contributed by atoms with van der Waals surface area (Å²) in [6.07, 6.45) is 1.91. The molecule has 0 radical (unpaired) electrons. The van der Waals surface area contributed by atoms with Crippen LogP contribution in [0.1, 0.15) is 56.5 Å². The monoisotopic (exact) mass is 506 g/mol. The first kappa shape index (κ1) is 24.2. The summed E-state index contributed by atoms with van der Waals surface area (Å²) in [7, 11) is 1.30. The fraction of sp³-hybridized carbons (Fsp3) is 0.571. The van der Waals surface area contributed by atoms with Gasteiger partial charge in [-0.05, 0) is 51.1 Å². The zero-order valence-electron chi connectivity index (χ0n) is 19.1. The molecular formula is C21H26N6O5S2. The molecule has 13 heteroatoms. The number of aromatic nitrogens is 3. The quantitative estimate of drug-likeness (QED) is 0.598. The van der Waals surface area contributed by atoms with Crippen molar-refractivity contribution in [2.24, 2.45) is 0 Å². The van der Waals surface area contributed by atoms with Crippen molar-refractivity contribution in [2.75, 3.05) is 20.2 Å². The van der Waals surface area contributed by atoms with Gasteiger partial charge in [-0.1, -0.05) is 4.49 Å². The van der Waals surface area contributed by atoms with E-state index in [-0.39, 0.29) is 36.7 Å². The molecule has 2 aliphatic heterocycles. The standard InChI is InChI=1S/C21H26N6O5S2/c1-11-17(34-25-24-11)18(28)23-13-6-8-27(19(29)14-10-33-12(2)22-14)16(9-13)20(30)26-7-4-5-15(26)21(31)32-3/h10,13,15-16H,4-9H2,1-3H3,(H,23,28)/t13-,15-,16+/m1/s1. The Morgan fingerprint density at radius 3 is 2.56 bits per heavy atom. The molecule has 0 spiro atoms. The SMILES string of the molecule is COC(=O)[C@H]1CCCN1C(=O)[C@@H]1C[C@H](NC(=O)c2snnc2C)CCN1C(=O)c1csc(C)n1. The summed E-state index contributed by atoms with van der Waals surface area (Å²) in [6.45, 7) is 4.21. The molecule has 2 saturated heterocycles. The Kier molecular flexibility index (Phi) is 7.22. The first-order valence-electron chi connectivity index (χ1n) is 11.0. The smallest absolute Gasteiger partial charge is 0.328 e. The Balaban J connectivity index is 1.57. The van der Waals surface area contributed by atoms with Gasteiger partial charge < -0.3 is 19.9 Å². The molecule has 2 aromatic heterocycles. The highest BCUT2D eigenvalue weighted by Crippen LogP contribution is 2.27. The van der Waals surface area contributed by atoms with Crippen LogP contribution in [0.25, 0.3) is 0 Å². The van der Waals surface area contributed by atoms with Crippen LogP contribution < -0.4 is 5.32 Å². The molecule has 2 aliphatic rings. The Morgan fingerprint density at radius 2 is 1.91 bits per heavy atom. The Morgan fingerprint density at radius 1 is 1.12 bits per heavy atom. The van der Waals surface area contributed by atoms with Gasteiger partial charge >= 0.3 is 5.97 Å². The molecule has 0 unspecified atom stereocenters. The van der Waals surface area contributed by atoms with Crippen molar-refractivity contribution >= 4 is 46.6 Å². The molecule has 1 N–H and O–H groups in total. The second kappa shape index (κ2) is 10.1. The van der Waals surface area contributed by atoms with Gasteiger partial charge in [0.05, 0.1) is 17.8 Å². The second-order valence-corrected chi connectivity index (χ2v) is 10.2. The van der Waals surface area contributed by atoms with Gasteiger partial charge in [-0.3, -0.25) is 14.4 Å². The molecule has 3 amide bonds. The number of thiazole rings is 1. The number of rotatable bonds is 5. The van der Waals surface area contributed by atoms with Gasteiger partial charge in [0, 0.05) is 24.5 Å². The van der Waals surface area contributed by atoms with Crippen LogP contribution in [0.4, 0.5) is 0 Å². The number of nitrogens with zero attached hydrogens (tertiary/aromatic N) is 5. The van der Waals surface area contributed by atoms with E-state index in [1.54, 1.807) is 12.3 Å². The van der Waals surface area contributed by atoms with Crippen LogP contribution in [0.15, 0.2) is 5.38 Å². The number of aryl methyl sites for hydroxylation is 2. The van der Waals surface area contributed by atoms with E-state index in [0.29, 0.717) is 42.1 Å². The number of hydrogen-bond donors (Lipinski definition) is 1. The molecule has 182 valence electrons. The predicted molar refractivity (Wildman–Crippen MR) is 124 cm³/mol. The van der Waals surface area contributed by atoms with Gasteiger partial charge in [0.1, 0.15) is 22.7 Å². The molecule has 34 heavy (non-hydrogen) atoms. The van der Waals surface area contributed by atoms with Crippen molar-refractivity contribution in [1.82, 2.24) is 29.7 Å². The second-order valence-electron chi connectivity index (χ2n) is 8.36. The minimum absolute atomic E-state index is 0.231. The Bertz CT molecular complexity index is 1100. The zero-order chi connectivity index (χ0) is 24.4. The number of likely N-dealkylation sites (tertiary alicyclic amines) is 2. The number of nitrogens with one attached hydrogen (secondary N) is 1. The lowest BCUT2D eigenvalue weighted by Gasteiger charge is -2.40. The van der Waals surface area contributed by atoms with Crippen molar-refractivity contribution in [1.29, 1.82) is 0 Å². The third kappa shape index (κ3) is 4.80. The number of piperidine rings is 1. The average molecular weight is 507 g/mol. The first-order valence-corrected chi connectivity index (χ1v) is 12.7. The van der Waals surface area contributed by atoms with Crippen molar-refractivity contribution < 1.29 is 23.9 Å². The number of hydrogen-bond acceptors (Lipinski definition) is 10. The van der Waals surface area contributed by atoms with Gasteiger partial charge in [0.25, 0.3) is 11.8 Å². The van der Waals surface area contributed by atoms with Crippen LogP contribution in [0.2, 0.25) is 0 Å². The number of amides is 3. The minimum Gasteiger partial charge on any atom is -0.467 e. The van der Waals surface area contributed by atoms with Crippen molar-refractivity contribution in [3.63, 3.8) is 0 Å². The first-order chi connectivity index (χ1) is 16.3. The van der Waals surface area contributed by atoms with Crippen LogP contribution in [-0.2, 0) is 14.3 Å². The average Bonchev–Trinajstić information content (AvgIpc) is 3.58. The van der Waals surface area contributed by atoms with Gasteiger partial charge in [0.2, 0.25) is 5.91 Å². The number of methoxy groups -OCH3 is 1. The largest absolute Gasteiger partial charge is 0.467 e. The molecule has 4 rings (SSSR count). The molecule has 0 saturated carbocycles. The van der Waals surface area contributed by atoms with E-state index in [1.807, 2.05) is 6.92 Å². The van der Waals surface area contributed by atoms with Gasteiger partial charge in [-0.25, -0.2) is 9.78 Å². The summed E-state index contributed by atoms with van der Waals surface area (Å²) in [5, 5.41) is 9.27. The highest BCUT2D eigenvalue weighted by molar-refractivity contribution is 7.09. The van der Waals surface area contributed by atoms with Gasteiger partial charge in [-0.2, -0.15) is 0 Å². The van der Waals surface area contributed by atoms with Crippen molar-refractivity contribution in [3.05, 3.63) is 26.7 Å². The fourth-order valence-corrected chi connectivity index (χ4v) is 5.62. The van der Waals surface area contributed by atoms with Crippen LogP contribution in [-0.4, -0.2) is 86.4 Å². The summed E-state index contributed by atoms with van der Waals surface area (Å²) in [5.41, 5.74) is 0.833.